The number of nitrogens with one attached hydrogen (secondary N) is 1. The average Bonchev–Trinajstić information content (AvgIpc) is 2.48. The van der Waals surface area contributed by atoms with Crippen molar-refractivity contribution in [2.75, 3.05) is 18.0 Å². The molecule has 2 atom stereocenters. The SMILES string of the molecule is CCCNC(C)(CN1c2ccccc2CCC1C)C(N)=O. The van der Waals surface area contributed by atoms with Crippen molar-refractivity contribution in [3.63, 3.8) is 0 Å². The molecule has 2 unspecified atom stereocenters. The summed E-state index contributed by atoms with van der Waals surface area (Å²) < 4.78 is 0. The van der Waals surface area contributed by atoms with Crippen molar-refractivity contribution in [2.24, 2.45) is 5.73 Å². The molecule has 1 aromatic rings. The first-order valence-electron chi connectivity index (χ1n) is 7.87. The fourth-order valence-electron chi connectivity index (χ4n) is 2.96. The molecule has 4 heteroatoms. The quantitative estimate of drug-likeness (QED) is 0.843. The largest absolute Gasteiger partial charge is 0.368 e. The predicted molar refractivity (Wildman–Crippen MR) is 87.5 cm³/mol. The van der Waals surface area contributed by atoms with Gasteiger partial charge in [-0.2, -0.15) is 0 Å². The molecule has 0 radical (unpaired) electrons. The highest BCUT2D eigenvalue weighted by molar-refractivity contribution is 5.85. The third-order valence-corrected chi connectivity index (χ3v) is 4.46. The van der Waals surface area contributed by atoms with Crippen LogP contribution in [0.1, 0.15) is 39.2 Å². The number of para-hydroxylation sites is 1. The number of anilines is 1. The van der Waals surface area contributed by atoms with E-state index in [-0.39, 0.29) is 5.91 Å². The maximum absolute atomic E-state index is 12.0. The monoisotopic (exact) mass is 289 g/mol. The van der Waals surface area contributed by atoms with E-state index in [0.717, 1.165) is 25.8 Å². The number of fused-ring (bicyclic) bond motifs is 1. The Morgan fingerprint density at radius 2 is 2.19 bits per heavy atom. The van der Waals surface area contributed by atoms with E-state index in [1.807, 2.05) is 6.92 Å². The number of nitrogens with two attached hydrogens (primary N) is 1. The number of amides is 1. The number of nitrogens with zero attached hydrogens (tertiary/aromatic N) is 1. The number of hydrogen-bond donors (Lipinski definition) is 2. The minimum absolute atomic E-state index is 0.286. The van der Waals surface area contributed by atoms with Crippen molar-refractivity contribution in [2.45, 2.75) is 51.6 Å². The molecule has 4 nitrogen and oxygen atoms in total. The Balaban J connectivity index is 2.25. The Morgan fingerprint density at radius 3 is 2.86 bits per heavy atom. The lowest BCUT2D eigenvalue weighted by molar-refractivity contribution is -0.123. The molecular weight excluding hydrogens is 262 g/mol. The van der Waals surface area contributed by atoms with Crippen LogP contribution in [0.3, 0.4) is 0 Å². The molecule has 1 amide bonds. The van der Waals surface area contributed by atoms with Crippen molar-refractivity contribution in [3.05, 3.63) is 29.8 Å². The number of primary amides is 1. The summed E-state index contributed by atoms with van der Waals surface area (Å²) in [5, 5.41) is 3.33. The third kappa shape index (κ3) is 3.38. The molecule has 1 aliphatic rings. The lowest BCUT2D eigenvalue weighted by Crippen LogP contribution is -2.61. The molecule has 0 aliphatic carbocycles. The summed E-state index contributed by atoms with van der Waals surface area (Å²) >= 11 is 0. The van der Waals surface area contributed by atoms with Crippen LogP contribution in [0.5, 0.6) is 0 Å². The molecule has 1 heterocycles. The molecule has 1 aliphatic heterocycles. The molecule has 116 valence electrons. The zero-order valence-corrected chi connectivity index (χ0v) is 13.4. The predicted octanol–water partition coefficient (Wildman–Crippen LogP) is 2.07. The van der Waals surface area contributed by atoms with Crippen LogP contribution < -0.4 is 16.0 Å². The zero-order chi connectivity index (χ0) is 15.5. The first kappa shape index (κ1) is 15.8. The van der Waals surface area contributed by atoms with E-state index >= 15 is 0 Å². The van der Waals surface area contributed by atoms with Crippen molar-refractivity contribution in [1.29, 1.82) is 0 Å². The van der Waals surface area contributed by atoms with Gasteiger partial charge >= 0.3 is 0 Å². The number of rotatable bonds is 6. The van der Waals surface area contributed by atoms with Gasteiger partial charge in [-0.3, -0.25) is 4.79 Å². The Hall–Kier alpha value is -1.55. The fourth-order valence-corrected chi connectivity index (χ4v) is 2.96. The summed E-state index contributed by atoms with van der Waals surface area (Å²) in [6, 6.07) is 8.88. The summed E-state index contributed by atoms with van der Waals surface area (Å²) in [4.78, 5) is 14.3. The minimum atomic E-state index is -0.700. The Labute approximate surface area is 127 Å². The van der Waals surface area contributed by atoms with Gasteiger partial charge in [0.25, 0.3) is 0 Å². The number of carbonyl (C=O) groups is 1. The van der Waals surface area contributed by atoms with Crippen LogP contribution in [-0.4, -0.2) is 30.6 Å². The van der Waals surface area contributed by atoms with Crippen LogP contribution in [0.4, 0.5) is 5.69 Å². The molecule has 1 aromatic carbocycles. The molecule has 0 bridgehead atoms. The second-order valence-electron chi connectivity index (χ2n) is 6.27. The smallest absolute Gasteiger partial charge is 0.239 e. The molecule has 0 saturated carbocycles. The minimum Gasteiger partial charge on any atom is -0.368 e. The number of carbonyl (C=O) groups excluding carboxylic acids is 1. The van der Waals surface area contributed by atoms with Crippen LogP contribution in [0.15, 0.2) is 24.3 Å². The normalized spacial score (nSPS) is 20.7. The van der Waals surface area contributed by atoms with E-state index in [1.165, 1.54) is 11.3 Å². The van der Waals surface area contributed by atoms with Gasteiger partial charge in [0.15, 0.2) is 0 Å². The van der Waals surface area contributed by atoms with E-state index in [0.29, 0.717) is 12.6 Å². The van der Waals surface area contributed by atoms with E-state index in [2.05, 4.69) is 48.3 Å². The molecule has 3 N–H and O–H groups in total. The van der Waals surface area contributed by atoms with Gasteiger partial charge in [0, 0.05) is 18.3 Å². The molecular formula is C17H27N3O. The Morgan fingerprint density at radius 1 is 1.48 bits per heavy atom. The van der Waals surface area contributed by atoms with Crippen LogP contribution in [0.2, 0.25) is 0 Å². The summed E-state index contributed by atoms with van der Waals surface area (Å²) in [7, 11) is 0. The van der Waals surface area contributed by atoms with Gasteiger partial charge in [0.05, 0.1) is 0 Å². The van der Waals surface area contributed by atoms with Crippen LogP contribution in [-0.2, 0) is 11.2 Å². The lowest BCUT2D eigenvalue weighted by atomic mass is 9.92. The van der Waals surface area contributed by atoms with Crippen molar-refractivity contribution in [1.82, 2.24) is 5.32 Å². The standard InChI is InChI=1S/C17H27N3O/c1-4-11-19-17(3,16(18)21)12-20-13(2)9-10-14-7-5-6-8-15(14)20/h5-8,13,19H,4,9-12H2,1-3H3,(H2,18,21). The van der Waals surface area contributed by atoms with Gasteiger partial charge in [0.2, 0.25) is 5.91 Å². The van der Waals surface area contributed by atoms with Gasteiger partial charge in [-0.1, -0.05) is 25.1 Å². The summed E-state index contributed by atoms with van der Waals surface area (Å²) in [5.74, 6) is -0.286. The van der Waals surface area contributed by atoms with E-state index in [9.17, 15) is 4.79 Å². The number of benzene rings is 1. The molecule has 0 fully saturated rings. The van der Waals surface area contributed by atoms with Crippen molar-refractivity contribution in [3.8, 4) is 0 Å². The molecule has 0 aromatic heterocycles. The molecule has 2 rings (SSSR count). The highest BCUT2D eigenvalue weighted by Crippen LogP contribution is 2.31. The van der Waals surface area contributed by atoms with Crippen LogP contribution in [0.25, 0.3) is 0 Å². The Bertz CT molecular complexity index is 503. The summed E-state index contributed by atoms with van der Waals surface area (Å²) in [6.07, 6.45) is 3.19. The molecule has 0 spiro atoms. The number of hydrogen-bond acceptors (Lipinski definition) is 3. The molecule has 21 heavy (non-hydrogen) atoms. The van der Waals surface area contributed by atoms with Gasteiger partial charge in [-0.25, -0.2) is 0 Å². The van der Waals surface area contributed by atoms with Gasteiger partial charge in [-0.05, 0) is 51.3 Å². The maximum Gasteiger partial charge on any atom is 0.239 e. The van der Waals surface area contributed by atoms with E-state index < -0.39 is 5.54 Å². The maximum atomic E-state index is 12.0. The van der Waals surface area contributed by atoms with E-state index in [4.69, 9.17) is 5.73 Å². The third-order valence-electron chi connectivity index (χ3n) is 4.46. The number of aryl methyl sites for hydroxylation is 1. The highest BCUT2D eigenvalue weighted by Gasteiger charge is 2.35. The zero-order valence-electron chi connectivity index (χ0n) is 13.4. The van der Waals surface area contributed by atoms with E-state index in [1.54, 1.807) is 0 Å². The van der Waals surface area contributed by atoms with Crippen LogP contribution in [0, 0.1) is 0 Å². The van der Waals surface area contributed by atoms with Crippen molar-refractivity contribution < 1.29 is 4.79 Å². The van der Waals surface area contributed by atoms with Gasteiger partial charge in [0.1, 0.15) is 5.54 Å². The fraction of sp³-hybridized carbons (Fsp3) is 0.588. The van der Waals surface area contributed by atoms with Crippen LogP contribution >= 0.6 is 0 Å². The Kier molecular flexibility index (Phi) is 4.88. The summed E-state index contributed by atoms with van der Waals surface area (Å²) in [5.41, 5.74) is 7.56. The van der Waals surface area contributed by atoms with Crippen molar-refractivity contribution >= 4 is 11.6 Å². The summed E-state index contributed by atoms with van der Waals surface area (Å²) in [6.45, 7) is 7.63. The van der Waals surface area contributed by atoms with Gasteiger partial charge in [-0.15, -0.1) is 0 Å². The average molecular weight is 289 g/mol. The first-order valence-corrected chi connectivity index (χ1v) is 7.87. The second kappa shape index (κ2) is 6.48. The van der Waals surface area contributed by atoms with Gasteiger partial charge < -0.3 is 16.0 Å². The lowest BCUT2D eigenvalue weighted by Gasteiger charge is -2.42. The second-order valence-corrected chi connectivity index (χ2v) is 6.27. The highest BCUT2D eigenvalue weighted by atomic mass is 16.1. The topological polar surface area (TPSA) is 58.4 Å². The first-order chi connectivity index (χ1) is 9.98. The molecule has 0 saturated heterocycles.